The van der Waals surface area contributed by atoms with E-state index >= 15 is 0 Å². The van der Waals surface area contributed by atoms with Gasteiger partial charge in [0.1, 0.15) is 11.9 Å². The smallest absolute Gasteiger partial charge is 0.303 e. The van der Waals surface area contributed by atoms with Crippen molar-refractivity contribution in [2.24, 2.45) is 5.92 Å². The first-order valence-corrected chi connectivity index (χ1v) is 9.01. The lowest BCUT2D eigenvalue weighted by molar-refractivity contribution is -0.138. The van der Waals surface area contributed by atoms with E-state index in [1.807, 2.05) is 12.1 Å². The Kier molecular flexibility index (Phi) is 6.04. The van der Waals surface area contributed by atoms with Crippen molar-refractivity contribution in [1.82, 2.24) is 9.97 Å². The summed E-state index contributed by atoms with van der Waals surface area (Å²) in [6.07, 6.45) is 4.56. The highest BCUT2D eigenvalue weighted by atomic mass is 35.5. The molecule has 0 amide bonds. The maximum atomic E-state index is 14.0. The first-order chi connectivity index (χ1) is 12.5. The van der Waals surface area contributed by atoms with Crippen molar-refractivity contribution in [2.75, 3.05) is 0 Å². The van der Waals surface area contributed by atoms with Gasteiger partial charge in [-0.3, -0.25) is 4.79 Å². The van der Waals surface area contributed by atoms with Gasteiger partial charge in [-0.2, -0.15) is 9.37 Å². The van der Waals surface area contributed by atoms with Crippen molar-refractivity contribution in [1.29, 1.82) is 0 Å². The molecular formula is C19H20ClFN2O3. The van der Waals surface area contributed by atoms with Gasteiger partial charge in [0.15, 0.2) is 0 Å². The molecular weight excluding hydrogens is 359 g/mol. The van der Waals surface area contributed by atoms with E-state index in [9.17, 15) is 9.18 Å². The topological polar surface area (TPSA) is 72.3 Å². The van der Waals surface area contributed by atoms with Crippen LogP contribution in [0, 0.1) is 11.7 Å². The number of benzene rings is 1. The Bertz CT molecular complexity index is 762. The fraction of sp³-hybridized carbons (Fsp3) is 0.421. The van der Waals surface area contributed by atoms with Crippen molar-refractivity contribution >= 4 is 17.6 Å². The molecule has 0 saturated heterocycles. The van der Waals surface area contributed by atoms with Gasteiger partial charge in [0, 0.05) is 17.9 Å². The average molecular weight is 379 g/mol. The van der Waals surface area contributed by atoms with Crippen molar-refractivity contribution in [3.63, 3.8) is 0 Å². The summed E-state index contributed by atoms with van der Waals surface area (Å²) >= 11 is 5.87. The van der Waals surface area contributed by atoms with Crippen molar-refractivity contribution in [3.8, 4) is 5.88 Å². The summed E-state index contributed by atoms with van der Waals surface area (Å²) in [5.74, 6) is -0.752. The quantitative estimate of drug-likeness (QED) is 0.812. The number of halogens is 2. The third kappa shape index (κ3) is 5.14. The number of aromatic nitrogens is 2. The molecule has 1 aliphatic rings. The number of hydrogen-bond acceptors (Lipinski definition) is 4. The van der Waals surface area contributed by atoms with E-state index in [1.165, 1.54) is 0 Å². The summed E-state index contributed by atoms with van der Waals surface area (Å²) in [4.78, 5) is 19.0. The second kappa shape index (κ2) is 8.45. The highest BCUT2D eigenvalue weighted by Crippen LogP contribution is 2.29. The van der Waals surface area contributed by atoms with Crippen LogP contribution in [0.3, 0.4) is 0 Å². The van der Waals surface area contributed by atoms with Gasteiger partial charge in [-0.15, -0.1) is 0 Å². The van der Waals surface area contributed by atoms with Gasteiger partial charge in [0.05, 0.1) is 6.20 Å². The third-order valence-corrected chi connectivity index (χ3v) is 4.82. The van der Waals surface area contributed by atoms with Gasteiger partial charge >= 0.3 is 5.97 Å². The Morgan fingerprint density at radius 1 is 1.23 bits per heavy atom. The predicted molar refractivity (Wildman–Crippen MR) is 94.9 cm³/mol. The number of carboxylic acids is 1. The lowest BCUT2D eigenvalue weighted by Gasteiger charge is -2.27. The summed E-state index contributed by atoms with van der Waals surface area (Å²) < 4.78 is 19.8. The highest BCUT2D eigenvalue weighted by molar-refractivity contribution is 6.30. The van der Waals surface area contributed by atoms with Gasteiger partial charge in [-0.25, -0.2) is 4.98 Å². The molecule has 1 aromatic heterocycles. The molecule has 0 radical (unpaired) electrons. The van der Waals surface area contributed by atoms with Gasteiger partial charge in [-0.1, -0.05) is 23.7 Å². The summed E-state index contributed by atoms with van der Waals surface area (Å²) in [5, 5.41) is 9.51. The number of rotatable bonds is 6. The fourth-order valence-corrected chi connectivity index (χ4v) is 3.32. The normalized spacial score (nSPS) is 19.9. The molecule has 1 aromatic carbocycles. The molecule has 2 aromatic rings. The van der Waals surface area contributed by atoms with Gasteiger partial charge in [0.25, 0.3) is 5.88 Å². The molecule has 1 N–H and O–H groups in total. The maximum Gasteiger partial charge on any atom is 0.303 e. The first kappa shape index (κ1) is 18.6. The lowest BCUT2D eigenvalue weighted by atomic mass is 9.85. The Morgan fingerprint density at radius 2 is 1.92 bits per heavy atom. The van der Waals surface area contributed by atoms with Gasteiger partial charge in [-0.05, 0) is 49.3 Å². The number of carboxylic acid groups (broad SMARTS) is 1. The van der Waals surface area contributed by atoms with Crippen LogP contribution in [0.5, 0.6) is 5.88 Å². The van der Waals surface area contributed by atoms with Crippen LogP contribution in [0.4, 0.5) is 4.39 Å². The summed E-state index contributed by atoms with van der Waals surface area (Å²) in [7, 11) is 0. The Labute approximate surface area is 156 Å². The second-order valence-electron chi connectivity index (χ2n) is 6.60. The summed E-state index contributed by atoms with van der Waals surface area (Å²) in [5.41, 5.74) is 0.973. The monoisotopic (exact) mass is 378 g/mol. The fourth-order valence-electron chi connectivity index (χ4n) is 3.20. The molecule has 3 rings (SSSR count). The van der Waals surface area contributed by atoms with E-state index in [0.29, 0.717) is 30.1 Å². The lowest BCUT2D eigenvalue weighted by Crippen LogP contribution is -2.26. The average Bonchev–Trinajstić information content (AvgIpc) is 2.61. The van der Waals surface area contributed by atoms with E-state index in [0.717, 1.165) is 24.6 Å². The molecule has 1 heterocycles. The Morgan fingerprint density at radius 3 is 2.58 bits per heavy atom. The molecule has 7 heteroatoms. The number of carbonyl (C=O) groups is 1. The van der Waals surface area contributed by atoms with Crippen LogP contribution in [0.15, 0.2) is 30.5 Å². The van der Waals surface area contributed by atoms with E-state index in [1.54, 1.807) is 12.1 Å². The molecule has 0 spiro atoms. The van der Waals surface area contributed by atoms with Crippen LogP contribution in [0.25, 0.3) is 0 Å². The molecule has 0 unspecified atom stereocenters. The number of nitrogens with zero attached hydrogens (tertiary/aromatic N) is 2. The molecule has 26 heavy (non-hydrogen) atoms. The minimum absolute atomic E-state index is 0.0364. The third-order valence-electron chi connectivity index (χ3n) is 4.57. The minimum Gasteiger partial charge on any atom is -0.481 e. The van der Waals surface area contributed by atoms with Gasteiger partial charge in [0.2, 0.25) is 5.82 Å². The number of hydrogen-bond donors (Lipinski definition) is 1. The van der Waals surface area contributed by atoms with Crippen LogP contribution in [0.1, 0.15) is 43.5 Å². The maximum absolute atomic E-state index is 14.0. The minimum atomic E-state index is -0.775. The molecule has 0 aliphatic heterocycles. The first-order valence-electron chi connectivity index (χ1n) is 8.64. The molecule has 138 valence electrons. The van der Waals surface area contributed by atoms with E-state index < -0.39 is 11.8 Å². The van der Waals surface area contributed by atoms with Crippen LogP contribution in [-0.2, 0) is 11.2 Å². The van der Waals surface area contributed by atoms with Crippen LogP contribution in [0.2, 0.25) is 5.02 Å². The van der Waals surface area contributed by atoms with Crippen molar-refractivity contribution < 1.29 is 19.0 Å². The standard InChI is InChI=1S/C19H20ClFN2O3/c20-14-5-1-12(2-6-14)9-17-22-11-16(21)19(23-17)26-15-7-3-13(4-8-15)10-18(24)25/h1-2,5-6,11,13,15H,3-4,7-10H2,(H,24,25). The van der Waals surface area contributed by atoms with Crippen LogP contribution < -0.4 is 4.74 Å². The van der Waals surface area contributed by atoms with Crippen molar-refractivity contribution in [3.05, 3.63) is 52.7 Å². The molecule has 5 nitrogen and oxygen atoms in total. The summed E-state index contributed by atoms with van der Waals surface area (Å²) in [6.45, 7) is 0. The molecule has 0 atom stereocenters. The van der Waals surface area contributed by atoms with Crippen molar-refractivity contribution in [2.45, 2.75) is 44.6 Å². The molecule has 0 bridgehead atoms. The van der Waals surface area contributed by atoms with E-state index in [2.05, 4.69) is 9.97 Å². The zero-order valence-electron chi connectivity index (χ0n) is 14.2. The van der Waals surface area contributed by atoms with Gasteiger partial charge < -0.3 is 9.84 Å². The summed E-state index contributed by atoms with van der Waals surface area (Å²) in [6, 6.07) is 7.32. The molecule has 1 aliphatic carbocycles. The molecule has 1 saturated carbocycles. The predicted octanol–water partition coefficient (Wildman–Crippen LogP) is 4.27. The molecule has 1 fully saturated rings. The highest BCUT2D eigenvalue weighted by Gasteiger charge is 2.25. The van der Waals surface area contributed by atoms with Crippen LogP contribution in [-0.4, -0.2) is 27.1 Å². The SMILES string of the molecule is O=C(O)CC1CCC(Oc2nc(Cc3ccc(Cl)cc3)ncc2F)CC1. The zero-order valence-corrected chi connectivity index (χ0v) is 15.0. The number of ether oxygens (including phenoxy) is 1. The Balaban J connectivity index is 1.61. The van der Waals surface area contributed by atoms with Crippen LogP contribution >= 0.6 is 11.6 Å². The Hall–Kier alpha value is -2.21. The second-order valence-corrected chi connectivity index (χ2v) is 7.04. The van der Waals surface area contributed by atoms with E-state index in [4.69, 9.17) is 21.4 Å². The van der Waals surface area contributed by atoms with E-state index in [-0.39, 0.29) is 24.3 Å². The zero-order chi connectivity index (χ0) is 18.5. The number of aliphatic carboxylic acids is 1. The largest absolute Gasteiger partial charge is 0.481 e.